The van der Waals surface area contributed by atoms with Crippen LogP contribution < -0.4 is 11.1 Å². The summed E-state index contributed by atoms with van der Waals surface area (Å²) >= 11 is 3.22. The fourth-order valence-corrected chi connectivity index (χ4v) is 2.22. The van der Waals surface area contributed by atoms with Crippen LogP contribution in [0.1, 0.15) is 20.7 Å². The average molecular weight is 353 g/mol. The van der Waals surface area contributed by atoms with Crippen LogP contribution >= 0.6 is 15.9 Å². The first-order valence-corrected chi connectivity index (χ1v) is 6.56. The number of amides is 1. The Labute approximate surface area is 127 Å². The molecule has 0 aromatic heterocycles. The monoisotopic (exact) mass is 352 g/mol. The minimum absolute atomic E-state index is 0.154. The van der Waals surface area contributed by atoms with Gasteiger partial charge in [-0.25, -0.2) is 9.18 Å². The van der Waals surface area contributed by atoms with Gasteiger partial charge >= 0.3 is 5.97 Å². The van der Waals surface area contributed by atoms with Gasteiger partial charge in [-0.1, -0.05) is 15.9 Å². The number of rotatable bonds is 3. The van der Waals surface area contributed by atoms with Crippen molar-refractivity contribution < 1.29 is 19.1 Å². The van der Waals surface area contributed by atoms with Gasteiger partial charge in [0, 0.05) is 21.4 Å². The van der Waals surface area contributed by atoms with Crippen molar-refractivity contribution in [2.45, 2.75) is 0 Å². The number of hydrogen-bond donors (Lipinski definition) is 3. The van der Waals surface area contributed by atoms with Crippen LogP contribution in [0.25, 0.3) is 0 Å². The Morgan fingerprint density at radius 1 is 1.19 bits per heavy atom. The summed E-state index contributed by atoms with van der Waals surface area (Å²) in [5.41, 5.74) is 6.03. The maximum absolute atomic E-state index is 13.5. The summed E-state index contributed by atoms with van der Waals surface area (Å²) in [7, 11) is 0. The molecule has 4 N–H and O–H groups in total. The Kier molecular flexibility index (Phi) is 4.23. The number of halogens is 2. The van der Waals surface area contributed by atoms with Crippen molar-refractivity contribution in [2.75, 3.05) is 11.1 Å². The lowest BCUT2D eigenvalue weighted by molar-refractivity contribution is 0.0692. The highest BCUT2D eigenvalue weighted by atomic mass is 79.9. The number of nitrogens with two attached hydrogens (primary N) is 1. The van der Waals surface area contributed by atoms with E-state index >= 15 is 0 Å². The van der Waals surface area contributed by atoms with Crippen molar-refractivity contribution in [2.24, 2.45) is 0 Å². The largest absolute Gasteiger partial charge is 0.478 e. The van der Waals surface area contributed by atoms with Crippen LogP contribution in [0.15, 0.2) is 40.9 Å². The zero-order valence-corrected chi connectivity index (χ0v) is 12.1. The van der Waals surface area contributed by atoms with Gasteiger partial charge in [0.2, 0.25) is 0 Å². The number of benzene rings is 2. The molecule has 108 valence electrons. The van der Waals surface area contributed by atoms with E-state index in [1.807, 2.05) is 0 Å². The van der Waals surface area contributed by atoms with E-state index in [0.717, 1.165) is 12.1 Å². The Morgan fingerprint density at radius 3 is 2.48 bits per heavy atom. The molecule has 0 heterocycles. The van der Waals surface area contributed by atoms with E-state index in [2.05, 4.69) is 21.2 Å². The summed E-state index contributed by atoms with van der Waals surface area (Å²) in [5.74, 6) is -2.77. The maximum Gasteiger partial charge on any atom is 0.338 e. The molecule has 2 rings (SSSR count). The van der Waals surface area contributed by atoms with Gasteiger partial charge in [0.25, 0.3) is 5.91 Å². The molecule has 0 radical (unpaired) electrons. The van der Waals surface area contributed by atoms with E-state index in [4.69, 9.17) is 10.8 Å². The lowest BCUT2D eigenvalue weighted by Crippen LogP contribution is -2.13. The third kappa shape index (κ3) is 3.57. The van der Waals surface area contributed by atoms with Gasteiger partial charge < -0.3 is 16.2 Å². The Morgan fingerprint density at radius 2 is 1.90 bits per heavy atom. The quantitative estimate of drug-likeness (QED) is 0.740. The third-order valence-corrected chi connectivity index (χ3v) is 3.10. The van der Waals surface area contributed by atoms with Crippen LogP contribution in [0.2, 0.25) is 0 Å². The van der Waals surface area contributed by atoms with E-state index < -0.39 is 23.3 Å². The molecule has 0 saturated heterocycles. The number of aromatic carboxylic acids is 1. The molecule has 0 saturated carbocycles. The molecule has 21 heavy (non-hydrogen) atoms. The minimum Gasteiger partial charge on any atom is -0.478 e. The van der Waals surface area contributed by atoms with Gasteiger partial charge in [-0.2, -0.15) is 0 Å². The van der Waals surface area contributed by atoms with Crippen molar-refractivity contribution in [1.29, 1.82) is 0 Å². The SMILES string of the molecule is Nc1cc(Br)cc(C(=O)Nc2ccc(C(=O)O)c(F)c2)c1. The van der Waals surface area contributed by atoms with Gasteiger partial charge in [0.15, 0.2) is 0 Å². The minimum atomic E-state index is -1.37. The van der Waals surface area contributed by atoms with Gasteiger partial charge in [-0.3, -0.25) is 4.79 Å². The second-order valence-corrected chi connectivity index (χ2v) is 5.14. The molecular weight excluding hydrogens is 343 g/mol. The number of nitrogen functional groups attached to an aromatic ring is 1. The van der Waals surface area contributed by atoms with Gasteiger partial charge in [0.1, 0.15) is 5.82 Å². The first-order chi connectivity index (χ1) is 9.86. The number of nitrogens with one attached hydrogen (secondary N) is 1. The Hall–Kier alpha value is -2.41. The van der Waals surface area contributed by atoms with Crippen LogP contribution in [0.5, 0.6) is 0 Å². The number of hydrogen-bond acceptors (Lipinski definition) is 3. The Balaban J connectivity index is 2.23. The fraction of sp³-hybridized carbons (Fsp3) is 0. The van der Waals surface area contributed by atoms with Crippen LogP contribution in [0.4, 0.5) is 15.8 Å². The number of carbonyl (C=O) groups is 2. The van der Waals surface area contributed by atoms with Gasteiger partial charge in [0.05, 0.1) is 5.56 Å². The number of anilines is 2. The molecule has 0 unspecified atom stereocenters. The van der Waals surface area contributed by atoms with Crippen LogP contribution in [-0.2, 0) is 0 Å². The number of carboxylic acid groups (broad SMARTS) is 1. The molecule has 7 heteroatoms. The van der Waals surface area contributed by atoms with E-state index in [9.17, 15) is 14.0 Å². The van der Waals surface area contributed by atoms with Crippen LogP contribution in [0.3, 0.4) is 0 Å². The second kappa shape index (κ2) is 5.92. The van der Waals surface area contributed by atoms with Gasteiger partial charge in [-0.15, -0.1) is 0 Å². The maximum atomic E-state index is 13.5. The summed E-state index contributed by atoms with van der Waals surface area (Å²) in [5, 5.41) is 11.2. The van der Waals surface area contributed by atoms with Crippen LogP contribution in [0, 0.1) is 5.82 Å². The van der Waals surface area contributed by atoms with Crippen molar-refractivity contribution in [3.05, 3.63) is 57.8 Å². The summed E-state index contributed by atoms with van der Waals surface area (Å²) in [6.07, 6.45) is 0. The van der Waals surface area contributed by atoms with Crippen molar-refractivity contribution in [3.8, 4) is 0 Å². The molecule has 5 nitrogen and oxygen atoms in total. The van der Waals surface area contributed by atoms with E-state index in [0.29, 0.717) is 15.7 Å². The smallest absolute Gasteiger partial charge is 0.338 e. The van der Waals surface area contributed by atoms with Crippen molar-refractivity contribution >= 4 is 39.2 Å². The zero-order valence-electron chi connectivity index (χ0n) is 10.6. The summed E-state index contributed by atoms with van der Waals surface area (Å²) < 4.78 is 14.2. The van der Waals surface area contributed by atoms with E-state index in [-0.39, 0.29) is 5.69 Å². The second-order valence-electron chi connectivity index (χ2n) is 4.23. The average Bonchev–Trinajstić information content (AvgIpc) is 2.37. The Bertz CT molecular complexity index is 714. The van der Waals surface area contributed by atoms with Gasteiger partial charge in [-0.05, 0) is 36.4 Å². The molecule has 0 aliphatic carbocycles. The first-order valence-electron chi connectivity index (χ1n) is 5.77. The molecular formula is C14H10BrFN2O3. The highest BCUT2D eigenvalue weighted by Gasteiger charge is 2.13. The topological polar surface area (TPSA) is 92.4 Å². The zero-order chi connectivity index (χ0) is 15.6. The van der Waals surface area contributed by atoms with Crippen molar-refractivity contribution in [3.63, 3.8) is 0 Å². The molecule has 0 fully saturated rings. The molecule has 2 aromatic rings. The number of carbonyl (C=O) groups excluding carboxylic acids is 1. The fourth-order valence-electron chi connectivity index (χ4n) is 1.71. The molecule has 0 spiro atoms. The lowest BCUT2D eigenvalue weighted by atomic mass is 10.1. The summed E-state index contributed by atoms with van der Waals surface area (Å²) in [6, 6.07) is 8.02. The molecule has 1 amide bonds. The van der Waals surface area contributed by atoms with E-state index in [1.165, 1.54) is 12.1 Å². The first kappa shape index (κ1) is 15.0. The van der Waals surface area contributed by atoms with Crippen molar-refractivity contribution in [1.82, 2.24) is 0 Å². The highest BCUT2D eigenvalue weighted by molar-refractivity contribution is 9.10. The normalized spacial score (nSPS) is 10.2. The summed E-state index contributed by atoms with van der Waals surface area (Å²) in [6.45, 7) is 0. The predicted molar refractivity (Wildman–Crippen MR) is 79.9 cm³/mol. The highest BCUT2D eigenvalue weighted by Crippen LogP contribution is 2.19. The molecule has 2 aromatic carbocycles. The summed E-state index contributed by atoms with van der Waals surface area (Å²) in [4.78, 5) is 22.7. The third-order valence-electron chi connectivity index (χ3n) is 2.64. The van der Waals surface area contributed by atoms with E-state index in [1.54, 1.807) is 12.1 Å². The molecule has 0 bridgehead atoms. The molecule has 0 aliphatic rings. The lowest BCUT2D eigenvalue weighted by Gasteiger charge is -2.07. The molecule has 0 aliphatic heterocycles. The molecule has 0 atom stereocenters. The number of carboxylic acids is 1. The standard InChI is InChI=1S/C14H10BrFN2O3/c15-8-3-7(4-9(17)5-8)13(19)18-10-1-2-11(14(20)21)12(16)6-10/h1-6H,17H2,(H,18,19)(H,20,21). The predicted octanol–water partition coefficient (Wildman–Crippen LogP) is 3.12. The van der Waals surface area contributed by atoms with Crippen LogP contribution in [-0.4, -0.2) is 17.0 Å².